The van der Waals surface area contributed by atoms with Gasteiger partial charge in [-0.15, -0.1) is 0 Å². The van der Waals surface area contributed by atoms with Crippen molar-refractivity contribution in [1.29, 1.82) is 0 Å². The van der Waals surface area contributed by atoms with E-state index in [0.29, 0.717) is 28.8 Å². The molecule has 0 spiro atoms. The number of nitrogens with zero attached hydrogens (tertiary/aromatic N) is 2. The molecule has 0 unspecified atom stereocenters. The Morgan fingerprint density at radius 2 is 2.04 bits per heavy atom. The topological polar surface area (TPSA) is 99.9 Å². The molecule has 1 aromatic carbocycles. The van der Waals surface area contributed by atoms with Gasteiger partial charge in [0, 0.05) is 17.8 Å². The fraction of sp³-hybridized carbons (Fsp3) is 0.118. The summed E-state index contributed by atoms with van der Waals surface area (Å²) >= 11 is 0. The Kier molecular flexibility index (Phi) is 3.69. The van der Waals surface area contributed by atoms with Gasteiger partial charge in [-0.2, -0.15) is 0 Å². The number of anilines is 1. The Morgan fingerprint density at radius 3 is 2.67 bits per heavy atom. The number of hydrogen-bond acceptors (Lipinski definition) is 5. The molecule has 0 aliphatic rings. The van der Waals surface area contributed by atoms with Gasteiger partial charge >= 0.3 is 5.69 Å². The van der Waals surface area contributed by atoms with Crippen molar-refractivity contribution in [3.63, 3.8) is 0 Å². The number of nitrogens with two attached hydrogens (primary N) is 1. The van der Waals surface area contributed by atoms with E-state index >= 15 is 0 Å². The van der Waals surface area contributed by atoms with Crippen LogP contribution in [0.1, 0.15) is 15.9 Å². The highest BCUT2D eigenvalue weighted by Crippen LogP contribution is 2.43. The van der Waals surface area contributed by atoms with Gasteiger partial charge in [-0.1, -0.05) is 6.07 Å². The van der Waals surface area contributed by atoms with Crippen LogP contribution in [-0.4, -0.2) is 22.7 Å². The SMILES string of the molecule is COc1c([N+](=O)[O-])ccc(C=O)c1-c1c(C)c(N)c2ccccn12. The number of carbonyl (C=O) groups excluding carboxylic acids is 1. The Hall–Kier alpha value is -3.35. The minimum atomic E-state index is -0.536. The lowest BCUT2D eigenvalue weighted by molar-refractivity contribution is -0.385. The number of rotatable bonds is 4. The van der Waals surface area contributed by atoms with Gasteiger partial charge in [0.25, 0.3) is 0 Å². The van der Waals surface area contributed by atoms with Crippen LogP contribution in [0.15, 0.2) is 36.5 Å². The second kappa shape index (κ2) is 5.69. The number of nitrogen functional groups attached to an aromatic ring is 1. The molecule has 0 aliphatic heterocycles. The summed E-state index contributed by atoms with van der Waals surface area (Å²) in [4.78, 5) is 22.3. The number of aldehydes is 1. The minimum Gasteiger partial charge on any atom is -0.490 e. The lowest BCUT2D eigenvalue weighted by Crippen LogP contribution is -2.01. The van der Waals surface area contributed by atoms with Crippen LogP contribution < -0.4 is 10.5 Å². The van der Waals surface area contributed by atoms with E-state index < -0.39 is 4.92 Å². The molecule has 0 bridgehead atoms. The predicted octanol–water partition coefficient (Wildman–Crippen LogP) is 3.23. The van der Waals surface area contributed by atoms with Crippen molar-refractivity contribution in [1.82, 2.24) is 4.40 Å². The molecular weight excluding hydrogens is 310 g/mol. The van der Waals surface area contributed by atoms with Crippen molar-refractivity contribution in [3.05, 3.63) is 57.8 Å². The van der Waals surface area contributed by atoms with Gasteiger partial charge in [0.05, 0.1) is 34.5 Å². The van der Waals surface area contributed by atoms with E-state index in [9.17, 15) is 14.9 Å². The van der Waals surface area contributed by atoms with E-state index in [1.807, 2.05) is 25.1 Å². The smallest absolute Gasteiger partial charge is 0.311 e. The maximum absolute atomic E-state index is 11.5. The highest BCUT2D eigenvalue weighted by molar-refractivity contribution is 5.96. The summed E-state index contributed by atoms with van der Waals surface area (Å²) in [6.45, 7) is 1.81. The number of benzene rings is 1. The molecule has 24 heavy (non-hydrogen) atoms. The molecule has 2 N–H and O–H groups in total. The number of hydrogen-bond donors (Lipinski definition) is 1. The Labute approximate surface area is 137 Å². The van der Waals surface area contributed by atoms with E-state index in [0.717, 1.165) is 11.1 Å². The van der Waals surface area contributed by atoms with E-state index in [1.165, 1.54) is 19.2 Å². The highest BCUT2D eigenvalue weighted by Gasteiger charge is 2.27. The van der Waals surface area contributed by atoms with E-state index in [2.05, 4.69) is 0 Å². The number of aromatic nitrogens is 1. The quantitative estimate of drug-likeness (QED) is 0.451. The third kappa shape index (κ3) is 2.10. The molecule has 0 radical (unpaired) electrons. The number of ether oxygens (including phenoxy) is 1. The molecule has 0 saturated heterocycles. The second-order valence-corrected chi connectivity index (χ2v) is 5.30. The van der Waals surface area contributed by atoms with Crippen LogP contribution in [0.3, 0.4) is 0 Å². The summed E-state index contributed by atoms with van der Waals surface area (Å²) in [5.41, 5.74) is 9.26. The summed E-state index contributed by atoms with van der Waals surface area (Å²) in [6.07, 6.45) is 2.44. The summed E-state index contributed by atoms with van der Waals surface area (Å²) in [6, 6.07) is 8.19. The molecule has 3 aromatic rings. The normalized spacial score (nSPS) is 10.8. The second-order valence-electron chi connectivity index (χ2n) is 5.30. The summed E-state index contributed by atoms with van der Waals surface area (Å²) in [7, 11) is 1.34. The largest absolute Gasteiger partial charge is 0.490 e. The molecular formula is C17H15N3O4. The van der Waals surface area contributed by atoms with Crippen LogP contribution in [0.25, 0.3) is 16.8 Å². The van der Waals surface area contributed by atoms with Crippen molar-refractivity contribution in [2.75, 3.05) is 12.8 Å². The van der Waals surface area contributed by atoms with E-state index in [1.54, 1.807) is 10.6 Å². The zero-order chi connectivity index (χ0) is 17.4. The molecule has 122 valence electrons. The zero-order valence-electron chi connectivity index (χ0n) is 13.1. The molecule has 0 aliphatic carbocycles. The van der Waals surface area contributed by atoms with Crippen LogP contribution in [0.5, 0.6) is 5.75 Å². The number of carbonyl (C=O) groups is 1. The van der Waals surface area contributed by atoms with Crippen molar-refractivity contribution < 1.29 is 14.5 Å². The molecule has 0 fully saturated rings. The first kappa shape index (κ1) is 15.5. The fourth-order valence-corrected chi connectivity index (χ4v) is 2.95. The molecule has 7 heteroatoms. The van der Waals surface area contributed by atoms with Gasteiger partial charge in [-0.3, -0.25) is 14.9 Å². The van der Waals surface area contributed by atoms with Crippen molar-refractivity contribution in [2.45, 2.75) is 6.92 Å². The van der Waals surface area contributed by atoms with Crippen LogP contribution in [-0.2, 0) is 0 Å². The van der Waals surface area contributed by atoms with Gasteiger partial charge in [-0.25, -0.2) is 0 Å². The number of nitro groups is 1. The number of methoxy groups -OCH3 is 1. The van der Waals surface area contributed by atoms with Crippen molar-refractivity contribution in [3.8, 4) is 17.0 Å². The third-order valence-corrected chi connectivity index (χ3v) is 4.07. The first-order valence-corrected chi connectivity index (χ1v) is 7.17. The number of pyridine rings is 1. The molecule has 0 amide bonds. The monoisotopic (exact) mass is 325 g/mol. The Balaban J connectivity index is 2.51. The minimum absolute atomic E-state index is 0.0379. The molecule has 0 saturated carbocycles. The third-order valence-electron chi connectivity index (χ3n) is 4.07. The maximum atomic E-state index is 11.5. The first-order chi connectivity index (χ1) is 11.5. The number of fused-ring (bicyclic) bond motifs is 1. The van der Waals surface area contributed by atoms with Crippen molar-refractivity contribution >= 4 is 23.2 Å². The maximum Gasteiger partial charge on any atom is 0.311 e. The van der Waals surface area contributed by atoms with Gasteiger partial charge in [0.15, 0.2) is 6.29 Å². The van der Waals surface area contributed by atoms with Gasteiger partial charge < -0.3 is 14.9 Å². The van der Waals surface area contributed by atoms with Crippen molar-refractivity contribution in [2.24, 2.45) is 0 Å². The lowest BCUT2D eigenvalue weighted by atomic mass is 10.00. The Morgan fingerprint density at radius 1 is 1.29 bits per heavy atom. The lowest BCUT2D eigenvalue weighted by Gasteiger charge is -2.13. The summed E-state index contributed by atoms with van der Waals surface area (Å²) in [5, 5.41) is 11.3. The van der Waals surface area contributed by atoms with E-state index in [-0.39, 0.29) is 11.4 Å². The van der Waals surface area contributed by atoms with E-state index in [4.69, 9.17) is 10.5 Å². The van der Waals surface area contributed by atoms with Gasteiger partial charge in [-0.05, 0) is 30.7 Å². The molecule has 7 nitrogen and oxygen atoms in total. The van der Waals surface area contributed by atoms with Crippen LogP contribution in [0.4, 0.5) is 11.4 Å². The zero-order valence-corrected chi connectivity index (χ0v) is 13.1. The fourth-order valence-electron chi connectivity index (χ4n) is 2.95. The van der Waals surface area contributed by atoms with Crippen LogP contribution in [0, 0.1) is 17.0 Å². The summed E-state index contributed by atoms with van der Waals surface area (Å²) < 4.78 is 7.10. The molecule has 2 heterocycles. The molecule has 3 rings (SSSR count). The first-order valence-electron chi connectivity index (χ1n) is 7.17. The predicted molar refractivity (Wildman–Crippen MR) is 90.6 cm³/mol. The summed E-state index contributed by atoms with van der Waals surface area (Å²) in [5.74, 6) is 0.0379. The Bertz CT molecular complexity index is 976. The molecule has 2 aromatic heterocycles. The number of nitro benzene ring substituents is 1. The van der Waals surface area contributed by atoms with Crippen LogP contribution >= 0.6 is 0 Å². The average Bonchev–Trinajstić information content (AvgIpc) is 2.84. The standard InChI is InChI=1S/C17H15N3O4/c1-10-15(18)12-5-3-4-8-19(12)16(10)14-11(9-21)6-7-13(20(22)23)17(14)24-2/h3-9H,18H2,1-2H3. The van der Waals surface area contributed by atoms with Crippen LogP contribution in [0.2, 0.25) is 0 Å². The average molecular weight is 325 g/mol. The highest BCUT2D eigenvalue weighted by atomic mass is 16.6. The van der Waals surface area contributed by atoms with Gasteiger partial charge in [0.1, 0.15) is 0 Å². The molecule has 0 atom stereocenters. The van der Waals surface area contributed by atoms with Gasteiger partial charge in [0.2, 0.25) is 5.75 Å².